The number of halogens is 4. The monoisotopic (exact) mass is 277 g/mol. The molecule has 106 valence electrons. The van der Waals surface area contributed by atoms with Crippen LogP contribution in [0.4, 0.5) is 17.6 Å². The average Bonchev–Trinajstić information content (AvgIpc) is 2.83. The number of rotatable bonds is 4. The molecule has 1 aliphatic heterocycles. The molecule has 1 fully saturated rings. The van der Waals surface area contributed by atoms with E-state index in [0.717, 1.165) is 12.5 Å². The Bertz CT molecular complexity index is 427. The first kappa shape index (κ1) is 14.3. The molecule has 0 saturated carbocycles. The second-order valence-electron chi connectivity index (χ2n) is 4.66. The maximum absolute atomic E-state index is 12.9. The Labute approximate surface area is 108 Å². The van der Waals surface area contributed by atoms with Gasteiger partial charge in [0.2, 0.25) is 0 Å². The third-order valence-corrected chi connectivity index (χ3v) is 3.15. The predicted octanol–water partition coefficient (Wildman–Crippen LogP) is 2.97. The van der Waals surface area contributed by atoms with E-state index in [9.17, 15) is 17.6 Å². The van der Waals surface area contributed by atoms with E-state index < -0.39 is 17.6 Å². The van der Waals surface area contributed by atoms with Gasteiger partial charge in [0.25, 0.3) is 0 Å². The third-order valence-electron chi connectivity index (χ3n) is 3.15. The summed E-state index contributed by atoms with van der Waals surface area (Å²) in [6, 6.07) is 2.76. The molecule has 1 aliphatic rings. The van der Waals surface area contributed by atoms with Crippen molar-refractivity contribution in [2.45, 2.75) is 19.1 Å². The minimum absolute atomic E-state index is 0.0628. The van der Waals surface area contributed by atoms with Gasteiger partial charge in [0.1, 0.15) is 5.82 Å². The maximum Gasteiger partial charge on any atom is 0.416 e. The van der Waals surface area contributed by atoms with E-state index in [4.69, 9.17) is 4.74 Å². The predicted molar refractivity (Wildman–Crippen MR) is 62.0 cm³/mol. The van der Waals surface area contributed by atoms with E-state index in [1.54, 1.807) is 0 Å². The van der Waals surface area contributed by atoms with Crippen LogP contribution in [0, 0.1) is 11.7 Å². The van der Waals surface area contributed by atoms with Crippen molar-refractivity contribution in [3.8, 4) is 0 Å². The first-order valence-electron chi connectivity index (χ1n) is 6.11. The molecular formula is C13H15F4NO. The molecule has 19 heavy (non-hydrogen) atoms. The fraction of sp³-hybridized carbons (Fsp3) is 0.538. The van der Waals surface area contributed by atoms with Crippen LogP contribution in [-0.4, -0.2) is 19.8 Å². The van der Waals surface area contributed by atoms with Gasteiger partial charge < -0.3 is 10.1 Å². The summed E-state index contributed by atoms with van der Waals surface area (Å²) < 4.78 is 56.3. The number of hydrogen-bond acceptors (Lipinski definition) is 2. The van der Waals surface area contributed by atoms with Crippen molar-refractivity contribution in [1.29, 1.82) is 0 Å². The summed E-state index contributed by atoms with van der Waals surface area (Å²) in [5, 5.41) is 2.97. The van der Waals surface area contributed by atoms with Gasteiger partial charge in [0.15, 0.2) is 0 Å². The Kier molecular flexibility index (Phi) is 4.42. The highest BCUT2D eigenvalue weighted by Gasteiger charge is 2.33. The minimum atomic E-state index is -4.53. The summed E-state index contributed by atoms with van der Waals surface area (Å²) in [7, 11) is 0. The van der Waals surface area contributed by atoms with Crippen LogP contribution in [0.5, 0.6) is 0 Å². The van der Waals surface area contributed by atoms with Crippen LogP contribution in [0.2, 0.25) is 0 Å². The van der Waals surface area contributed by atoms with Crippen LogP contribution in [0.25, 0.3) is 0 Å². The second kappa shape index (κ2) is 5.88. The molecule has 1 unspecified atom stereocenters. The molecule has 6 heteroatoms. The van der Waals surface area contributed by atoms with Gasteiger partial charge in [-0.05, 0) is 30.0 Å². The second-order valence-corrected chi connectivity index (χ2v) is 4.66. The van der Waals surface area contributed by atoms with Crippen LogP contribution in [0.1, 0.15) is 17.5 Å². The van der Waals surface area contributed by atoms with Crippen molar-refractivity contribution < 1.29 is 22.3 Å². The lowest BCUT2D eigenvalue weighted by Gasteiger charge is -2.14. The molecule has 1 atom stereocenters. The molecule has 1 heterocycles. The smallest absolute Gasteiger partial charge is 0.381 e. The summed E-state index contributed by atoms with van der Waals surface area (Å²) in [4.78, 5) is 0. The van der Waals surface area contributed by atoms with E-state index in [-0.39, 0.29) is 12.1 Å². The largest absolute Gasteiger partial charge is 0.416 e. The fourth-order valence-electron chi connectivity index (χ4n) is 2.12. The van der Waals surface area contributed by atoms with E-state index in [1.165, 1.54) is 6.07 Å². The van der Waals surface area contributed by atoms with Crippen LogP contribution < -0.4 is 5.32 Å². The van der Waals surface area contributed by atoms with Crippen molar-refractivity contribution in [3.05, 3.63) is 35.1 Å². The number of alkyl halides is 3. The summed E-state index contributed by atoms with van der Waals surface area (Å²) >= 11 is 0. The van der Waals surface area contributed by atoms with E-state index in [2.05, 4.69) is 5.32 Å². The highest BCUT2D eigenvalue weighted by molar-refractivity contribution is 5.30. The standard InChI is InChI=1S/C13H15F4NO/c14-11-2-1-10(12(5-11)13(15,16)17)7-18-6-9-3-4-19-8-9/h1-2,5,9,18H,3-4,6-8H2. The molecule has 0 aromatic heterocycles. The zero-order valence-corrected chi connectivity index (χ0v) is 10.3. The maximum atomic E-state index is 12.9. The number of nitrogens with one attached hydrogen (secondary N) is 1. The zero-order chi connectivity index (χ0) is 13.9. The van der Waals surface area contributed by atoms with Crippen molar-refractivity contribution in [2.24, 2.45) is 5.92 Å². The van der Waals surface area contributed by atoms with Crippen LogP contribution >= 0.6 is 0 Å². The lowest BCUT2D eigenvalue weighted by Crippen LogP contribution is -2.24. The Hall–Kier alpha value is -1.14. The van der Waals surface area contributed by atoms with Crippen molar-refractivity contribution in [1.82, 2.24) is 5.32 Å². The Morgan fingerprint density at radius 3 is 2.74 bits per heavy atom. The number of hydrogen-bond donors (Lipinski definition) is 1. The molecular weight excluding hydrogens is 262 g/mol. The van der Waals surface area contributed by atoms with Crippen molar-refractivity contribution in [3.63, 3.8) is 0 Å². The molecule has 2 rings (SSSR count). The zero-order valence-electron chi connectivity index (χ0n) is 10.3. The normalized spacial score (nSPS) is 19.9. The minimum Gasteiger partial charge on any atom is -0.381 e. The molecule has 0 aliphatic carbocycles. The molecule has 1 aromatic rings. The molecule has 1 N–H and O–H groups in total. The summed E-state index contributed by atoms with van der Waals surface area (Å²) in [5.41, 5.74) is -0.851. The van der Waals surface area contributed by atoms with Crippen LogP contribution in [-0.2, 0) is 17.5 Å². The SMILES string of the molecule is Fc1ccc(CNCC2CCOC2)c(C(F)(F)F)c1. The molecule has 0 amide bonds. The van der Waals surface area contributed by atoms with E-state index in [1.807, 2.05) is 0 Å². The van der Waals surface area contributed by atoms with Crippen molar-refractivity contribution >= 4 is 0 Å². The van der Waals surface area contributed by atoms with Gasteiger partial charge in [-0.3, -0.25) is 0 Å². The Morgan fingerprint density at radius 2 is 2.11 bits per heavy atom. The third kappa shape index (κ3) is 3.91. The number of benzene rings is 1. The molecule has 1 saturated heterocycles. The highest BCUT2D eigenvalue weighted by Crippen LogP contribution is 2.32. The summed E-state index contributed by atoms with van der Waals surface area (Å²) in [6.45, 7) is 2.03. The van der Waals surface area contributed by atoms with Gasteiger partial charge in [-0.1, -0.05) is 6.07 Å². The fourth-order valence-corrected chi connectivity index (χ4v) is 2.12. The van der Waals surface area contributed by atoms with E-state index in [0.29, 0.717) is 31.7 Å². The molecule has 1 aromatic carbocycles. The average molecular weight is 277 g/mol. The van der Waals surface area contributed by atoms with Gasteiger partial charge in [-0.15, -0.1) is 0 Å². The summed E-state index contributed by atoms with van der Waals surface area (Å²) in [6.07, 6.45) is -3.61. The molecule has 0 bridgehead atoms. The molecule has 0 spiro atoms. The first-order chi connectivity index (χ1) is 8.97. The number of ether oxygens (including phenoxy) is 1. The highest BCUT2D eigenvalue weighted by atomic mass is 19.4. The molecule has 2 nitrogen and oxygen atoms in total. The van der Waals surface area contributed by atoms with Gasteiger partial charge in [0, 0.05) is 19.7 Å². The van der Waals surface area contributed by atoms with Crippen molar-refractivity contribution in [2.75, 3.05) is 19.8 Å². The first-order valence-corrected chi connectivity index (χ1v) is 6.11. The van der Waals surface area contributed by atoms with Gasteiger partial charge in [-0.2, -0.15) is 13.2 Å². The topological polar surface area (TPSA) is 21.3 Å². The molecule has 0 radical (unpaired) electrons. The quantitative estimate of drug-likeness (QED) is 0.854. The lowest BCUT2D eigenvalue weighted by atomic mass is 10.1. The van der Waals surface area contributed by atoms with Crippen LogP contribution in [0.3, 0.4) is 0 Å². The summed E-state index contributed by atoms with van der Waals surface area (Å²) in [5.74, 6) is -0.532. The Morgan fingerprint density at radius 1 is 1.32 bits per heavy atom. The Balaban J connectivity index is 1.98. The van der Waals surface area contributed by atoms with Gasteiger partial charge in [0.05, 0.1) is 12.2 Å². The van der Waals surface area contributed by atoms with Crippen LogP contribution in [0.15, 0.2) is 18.2 Å². The van der Waals surface area contributed by atoms with Gasteiger partial charge >= 0.3 is 6.18 Å². The van der Waals surface area contributed by atoms with E-state index >= 15 is 0 Å². The van der Waals surface area contributed by atoms with Gasteiger partial charge in [-0.25, -0.2) is 4.39 Å². The lowest BCUT2D eigenvalue weighted by molar-refractivity contribution is -0.138.